The molecule has 1 rings (SSSR count). The van der Waals surface area contributed by atoms with Crippen molar-refractivity contribution in [1.29, 1.82) is 0 Å². The van der Waals surface area contributed by atoms with Crippen molar-refractivity contribution in [2.24, 2.45) is 5.73 Å². The molecular weight excluding hydrogens is 438 g/mol. The molecule has 11 nitrogen and oxygen atoms in total. The molecule has 0 saturated heterocycles. The van der Waals surface area contributed by atoms with Crippen molar-refractivity contribution in [2.75, 3.05) is 0 Å². The first-order valence-electron chi connectivity index (χ1n) is 10.3. The second kappa shape index (κ2) is 12.0. The number of carboxylic acid groups (broad SMARTS) is 1. The molecule has 0 spiro atoms. The maximum Gasteiger partial charge on any atom is 0.514 e. The highest BCUT2D eigenvalue weighted by atomic mass is 16.7. The van der Waals surface area contributed by atoms with Crippen molar-refractivity contribution in [3.8, 4) is 11.5 Å². The molecule has 2 atom stereocenters. The normalized spacial score (nSPS) is 13.6. The minimum absolute atomic E-state index is 0.142. The van der Waals surface area contributed by atoms with Gasteiger partial charge in [0.15, 0.2) is 11.5 Å². The van der Waals surface area contributed by atoms with E-state index in [1.807, 2.05) is 0 Å². The third kappa shape index (κ3) is 9.77. The second-order valence-corrected chi connectivity index (χ2v) is 8.08. The van der Waals surface area contributed by atoms with Gasteiger partial charge in [0.1, 0.15) is 11.6 Å². The minimum atomic E-state index is -1.80. The van der Waals surface area contributed by atoms with Crippen LogP contribution >= 0.6 is 0 Å². The number of benzene rings is 1. The number of hydrogen-bond donors (Lipinski definition) is 2. The predicted octanol–water partition coefficient (Wildman–Crippen LogP) is 3.20. The SMILES string of the molecule is CC(=O)O[C@@H](C)CC(N)(Cc1ccc(OC(=O)OC(C)C)c(OC(=O)OC(C)C)c1)C(=O)O. The first kappa shape index (κ1) is 27.7. The molecule has 0 amide bonds. The molecule has 0 fully saturated rings. The highest BCUT2D eigenvalue weighted by molar-refractivity contribution is 5.79. The summed E-state index contributed by atoms with van der Waals surface area (Å²) < 4.78 is 25.1. The zero-order valence-corrected chi connectivity index (χ0v) is 19.6. The number of aliphatic carboxylic acids is 1. The molecule has 3 N–H and O–H groups in total. The molecule has 1 aromatic carbocycles. The Morgan fingerprint density at radius 3 is 1.88 bits per heavy atom. The summed E-state index contributed by atoms with van der Waals surface area (Å²) in [5.74, 6) is -2.22. The average Bonchev–Trinajstić information content (AvgIpc) is 2.61. The maximum atomic E-state index is 12.0. The van der Waals surface area contributed by atoms with Gasteiger partial charge in [0.05, 0.1) is 12.2 Å². The van der Waals surface area contributed by atoms with Crippen molar-refractivity contribution in [1.82, 2.24) is 0 Å². The molecular formula is C22H31NO10. The van der Waals surface area contributed by atoms with Crippen LogP contribution in [0.1, 0.15) is 53.5 Å². The molecule has 0 saturated carbocycles. The van der Waals surface area contributed by atoms with Gasteiger partial charge in [-0.3, -0.25) is 9.59 Å². The minimum Gasteiger partial charge on any atom is -0.480 e. The smallest absolute Gasteiger partial charge is 0.480 e. The molecule has 0 aliphatic rings. The monoisotopic (exact) mass is 469 g/mol. The predicted molar refractivity (Wildman–Crippen MR) is 115 cm³/mol. The number of rotatable bonds is 10. The van der Waals surface area contributed by atoms with Crippen molar-refractivity contribution in [3.63, 3.8) is 0 Å². The van der Waals surface area contributed by atoms with Crippen molar-refractivity contribution in [3.05, 3.63) is 23.8 Å². The van der Waals surface area contributed by atoms with E-state index >= 15 is 0 Å². The molecule has 1 unspecified atom stereocenters. The van der Waals surface area contributed by atoms with E-state index in [9.17, 15) is 24.3 Å². The molecule has 0 radical (unpaired) electrons. The molecule has 184 valence electrons. The lowest BCUT2D eigenvalue weighted by Crippen LogP contribution is -2.52. The molecule has 0 aliphatic heterocycles. The lowest BCUT2D eigenvalue weighted by Gasteiger charge is -2.28. The molecule has 1 aromatic rings. The summed E-state index contributed by atoms with van der Waals surface area (Å²) >= 11 is 0. The van der Waals surface area contributed by atoms with Crippen LogP contribution in [-0.2, 0) is 30.2 Å². The Labute approximate surface area is 192 Å². The van der Waals surface area contributed by atoms with Crippen LogP contribution in [0.25, 0.3) is 0 Å². The molecule has 0 heterocycles. The zero-order chi connectivity index (χ0) is 25.3. The largest absolute Gasteiger partial charge is 0.514 e. The topological polar surface area (TPSA) is 161 Å². The Bertz CT molecular complexity index is 867. The summed E-state index contributed by atoms with van der Waals surface area (Å²) in [6, 6.07) is 4.08. The van der Waals surface area contributed by atoms with Crippen LogP contribution in [0.2, 0.25) is 0 Å². The van der Waals surface area contributed by atoms with E-state index in [0.717, 1.165) is 0 Å². The molecule has 11 heteroatoms. The van der Waals surface area contributed by atoms with E-state index in [0.29, 0.717) is 5.56 Å². The van der Waals surface area contributed by atoms with Crippen molar-refractivity contribution < 1.29 is 48.0 Å². The Balaban J connectivity index is 3.22. The fraction of sp³-hybridized carbons (Fsp3) is 0.545. The van der Waals surface area contributed by atoms with E-state index in [2.05, 4.69) is 0 Å². The number of carbonyl (C=O) groups is 4. The Morgan fingerprint density at radius 1 is 0.909 bits per heavy atom. The first-order valence-corrected chi connectivity index (χ1v) is 10.3. The number of hydrogen-bond acceptors (Lipinski definition) is 10. The van der Waals surface area contributed by atoms with Crippen LogP contribution in [0.3, 0.4) is 0 Å². The summed E-state index contributed by atoms with van der Waals surface area (Å²) in [6.45, 7) is 9.23. The number of carboxylic acids is 1. The fourth-order valence-corrected chi connectivity index (χ4v) is 2.88. The van der Waals surface area contributed by atoms with Crippen molar-refractivity contribution in [2.45, 2.75) is 78.2 Å². The van der Waals surface area contributed by atoms with Gasteiger partial charge in [0.2, 0.25) is 0 Å². The molecule has 0 aliphatic carbocycles. The summed E-state index contributed by atoms with van der Waals surface area (Å²) in [6.07, 6.45) is -4.12. The van der Waals surface area contributed by atoms with E-state index in [-0.39, 0.29) is 24.3 Å². The molecule has 33 heavy (non-hydrogen) atoms. The second-order valence-electron chi connectivity index (χ2n) is 8.08. The van der Waals surface area contributed by atoms with Gasteiger partial charge in [-0.25, -0.2) is 9.59 Å². The van der Waals surface area contributed by atoms with Gasteiger partial charge >= 0.3 is 24.2 Å². The average molecular weight is 469 g/mol. The third-order valence-corrected chi connectivity index (χ3v) is 4.02. The number of esters is 1. The summed E-state index contributed by atoms with van der Waals surface area (Å²) in [7, 11) is 0. The van der Waals surface area contributed by atoms with Gasteiger partial charge in [-0.05, 0) is 52.3 Å². The van der Waals surface area contributed by atoms with Gasteiger partial charge in [0, 0.05) is 19.8 Å². The van der Waals surface area contributed by atoms with Crippen LogP contribution in [-0.4, -0.2) is 53.2 Å². The van der Waals surface area contributed by atoms with Crippen LogP contribution in [0.15, 0.2) is 18.2 Å². The number of ether oxygens (including phenoxy) is 5. The lowest BCUT2D eigenvalue weighted by molar-refractivity contribution is -0.151. The van der Waals surface area contributed by atoms with Gasteiger partial charge in [-0.2, -0.15) is 0 Å². The molecule has 0 bridgehead atoms. The Morgan fingerprint density at radius 2 is 1.42 bits per heavy atom. The van der Waals surface area contributed by atoms with E-state index in [1.165, 1.54) is 32.0 Å². The Kier molecular flexibility index (Phi) is 10.1. The van der Waals surface area contributed by atoms with Gasteiger partial charge < -0.3 is 34.5 Å². The Hall–Kier alpha value is -3.34. The van der Waals surface area contributed by atoms with Crippen LogP contribution in [0.5, 0.6) is 11.5 Å². The summed E-state index contributed by atoms with van der Waals surface area (Å²) in [5.41, 5.74) is 4.66. The van der Waals surface area contributed by atoms with E-state index in [4.69, 9.17) is 29.4 Å². The van der Waals surface area contributed by atoms with E-state index < -0.39 is 48.1 Å². The van der Waals surface area contributed by atoms with Crippen LogP contribution in [0.4, 0.5) is 9.59 Å². The lowest BCUT2D eigenvalue weighted by atomic mass is 9.86. The quantitative estimate of drug-likeness (QED) is 0.294. The summed E-state index contributed by atoms with van der Waals surface area (Å²) in [5, 5.41) is 9.69. The standard InChI is InChI=1S/C22H31NO10/c1-12(2)29-20(27)32-17-8-7-16(9-18(17)33-21(28)30-13(3)4)11-22(23,19(25)26)10-14(5)31-15(6)24/h7-9,12-14H,10-11,23H2,1-6H3,(H,25,26)/t14-,22?/m0/s1. The first-order chi connectivity index (χ1) is 15.2. The van der Waals surface area contributed by atoms with Gasteiger partial charge in [0.25, 0.3) is 0 Å². The third-order valence-electron chi connectivity index (χ3n) is 4.02. The highest BCUT2D eigenvalue weighted by Crippen LogP contribution is 2.31. The van der Waals surface area contributed by atoms with Gasteiger partial charge in [-0.1, -0.05) is 6.07 Å². The zero-order valence-electron chi connectivity index (χ0n) is 19.6. The van der Waals surface area contributed by atoms with Crippen LogP contribution < -0.4 is 15.2 Å². The number of nitrogens with two attached hydrogens (primary N) is 1. The van der Waals surface area contributed by atoms with Gasteiger partial charge in [-0.15, -0.1) is 0 Å². The highest BCUT2D eigenvalue weighted by Gasteiger charge is 2.37. The van der Waals surface area contributed by atoms with E-state index in [1.54, 1.807) is 27.7 Å². The molecule has 0 aromatic heterocycles. The number of carbonyl (C=O) groups excluding carboxylic acids is 3. The maximum absolute atomic E-state index is 12.0. The summed E-state index contributed by atoms with van der Waals surface area (Å²) in [4.78, 5) is 47.0. The van der Waals surface area contributed by atoms with Crippen LogP contribution in [0, 0.1) is 0 Å². The van der Waals surface area contributed by atoms with Crippen molar-refractivity contribution >= 4 is 24.2 Å². The fourth-order valence-electron chi connectivity index (χ4n) is 2.88.